The van der Waals surface area contributed by atoms with Crippen molar-refractivity contribution in [3.05, 3.63) is 89.5 Å². The molecule has 3 amide bonds. The highest BCUT2D eigenvalue weighted by Crippen LogP contribution is 2.25. The van der Waals surface area contributed by atoms with Crippen LogP contribution >= 0.6 is 0 Å². The van der Waals surface area contributed by atoms with E-state index >= 15 is 0 Å². The average Bonchev–Trinajstić information content (AvgIpc) is 3.42. The number of carbonyl (C=O) groups excluding carboxylic acids is 2. The summed E-state index contributed by atoms with van der Waals surface area (Å²) < 4.78 is 15.6. The normalized spacial score (nSPS) is 13.7. The number of urea groups is 1. The highest BCUT2D eigenvalue weighted by molar-refractivity contribution is 5.93. The molecule has 0 aliphatic heterocycles. The molecule has 1 aliphatic rings. The summed E-state index contributed by atoms with van der Waals surface area (Å²) in [4.78, 5) is 31.1. The quantitative estimate of drug-likeness (QED) is 0.260. The van der Waals surface area contributed by atoms with Gasteiger partial charge in [-0.25, -0.2) is 9.18 Å². The molecule has 1 aliphatic carbocycles. The third-order valence-electron chi connectivity index (χ3n) is 7.89. The maximum atomic E-state index is 14.0. The van der Waals surface area contributed by atoms with Gasteiger partial charge in [0.15, 0.2) is 0 Å². The molecule has 1 aromatic heterocycles. The van der Waals surface area contributed by atoms with E-state index in [1.807, 2.05) is 41.4 Å². The van der Waals surface area contributed by atoms with Gasteiger partial charge < -0.3 is 19.7 Å². The Morgan fingerprint density at radius 1 is 0.975 bits per heavy atom. The van der Waals surface area contributed by atoms with Crippen LogP contribution in [-0.4, -0.2) is 45.4 Å². The first-order chi connectivity index (χ1) is 19.5. The molecule has 7 heteroatoms. The predicted molar refractivity (Wildman–Crippen MR) is 159 cm³/mol. The molecule has 0 radical (unpaired) electrons. The van der Waals surface area contributed by atoms with Gasteiger partial charge in [-0.2, -0.15) is 0 Å². The van der Waals surface area contributed by atoms with E-state index in [0.717, 1.165) is 67.5 Å². The minimum atomic E-state index is -0.250. The van der Waals surface area contributed by atoms with Gasteiger partial charge in [0.1, 0.15) is 12.4 Å². The molecule has 0 spiro atoms. The minimum absolute atomic E-state index is 0.0172. The lowest BCUT2D eigenvalue weighted by Gasteiger charge is -2.36. The van der Waals surface area contributed by atoms with Crippen LogP contribution in [0.1, 0.15) is 75.6 Å². The van der Waals surface area contributed by atoms with Gasteiger partial charge in [-0.05, 0) is 67.1 Å². The number of aryl methyl sites for hydroxylation is 1. The van der Waals surface area contributed by atoms with Gasteiger partial charge in [0, 0.05) is 36.7 Å². The lowest BCUT2D eigenvalue weighted by atomic mass is 9.94. The third kappa shape index (κ3) is 7.96. The van der Waals surface area contributed by atoms with Gasteiger partial charge in [-0.1, -0.05) is 69.9 Å². The molecule has 1 fully saturated rings. The molecule has 3 aromatic rings. The third-order valence-corrected chi connectivity index (χ3v) is 7.89. The molecule has 1 heterocycles. The van der Waals surface area contributed by atoms with E-state index in [-0.39, 0.29) is 30.3 Å². The largest absolute Gasteiger partial charge is 0.345 e. The lowest BCUT2D eigenvalue weighted by Crippen LogP contribution is -2.48. The number of unbranched alkanes of at least 4 members (excludes halogenated alkanes) is 1. The minimum Gasteiger partial charge on any atom is -0.345 e. The van der Waals surface area contributed by atoms with Gasteiger partial charge in [0.25, 0.3) is 0 Å². The van der Waals surface area contributed by atoms with Gasteiger partial charge in [0.2, 0.25) is 5.91 Å². The van der Waals surface area contributed by atoms with Crippen molar-refractivity contribution in [2.45, 2.75) is 84.3 Å². The van der Waals surface area contributed by atoms with Crippen LogP contribution in [0.15, 0.2) is 66.9 Å². The van der Waals surface area contributed by atoms with Crippen LogP contribution in [0.4, 0.5) is 14.9 Å². The van der Waals surface area contributed by atoms with E-state index in [1.54, 1.807) is 17.0 Å². The zero-order chi connectivity index (χ0) is 28.3. The average molecular weight is 547 g/mol. The van der Waals surface area contributed by atoms with Crippen molar-refractivity contribution in [1.82, 2.24) is 14.4 Å². The number of nitrogens with zero attached hydrogens (tertiary/aromatic N) is 3. The Balaban J connectivity index is 1.52. The van der Waals surface area contributed by atoms with Crippen LogP contribution in [0, 0.1) is 5.82 Å². The topological polar surface area (TPSA) is 57.6 Å². The smallest absolute Gasteiger partial charge is 0.322 e. The molecule has 0 saturated heterocycles. The number of anilines is 1. The fraction of sp³-hybridized carbons (Fsp3) is 0.455. The Labute approximate surface area is 238 Å². The van der Waals surface area contributed by atoms with Crippen LogP contribution in [0.5, 0.6) is 0 Å². The van der Waals surface area contributed by atoms with Crippen molar-refractivity contribution < 1.29 is 14.0 Å². The van der Waals surface area contributed by atoms with Gasteiger partial charge in [0.05, 0.1) is 6.54 Å². The fourth-order valence-corrected chi connectivity index (χ4v) is 5.52. The van der Waals surface area contributed by atoms with E-state index in [0.29, 0.717) is 19.6 Å². The highest BCUT2D eigenvalue weighted by atomic mass is 19.1. The monoisotopic (exact) mass is 546 g/mol. The molecule has 0 atom stereocenters. The number of para-hydroxylation sites is 1. The summed E-state index contributed by atoms with van der Waals surface area (Å²) in [6.07, 6.45) is 9.97. The van der Waals surface area contributed by atoms with Crippen molar-refractivity contribution >= 4 is 17.6 Å². The van der Waals surface area contributed by atoms with Gasteiger partial charge in [-0.3, -0.25) is 4.79 Å². The zero-order valence-electron chi connectivity index (χ0n) is 23.9. The summed E-state index contributed by atoms with van der Waals surface area (Å²) in [6, 6.07) is 18.3. The van der Waals surface area contributed by atoms with Crippen LogP contribution in [0.25, 0.3) is 0 Å². The molecule has 6 nitrogen and oxygen atoms in total. The first kappa shape index (κ1) is 29.4. The van der Waals surface area contributed by atoms with Crippen molar-refractivity contribution in [3.8, 4) is 0 Å². The summed E-state index contributed by atoms with van der Waals surface area (Å²) >= 11 is 0. The van der Waals surface area contributed by atoms with E-state index in [4.69, 9.17) is 0 Å². The molecule has 214 valence electrons. The SMILES string of the molecule is CCCCN(CC(=O)N(Cc1cccn1Cc1ccc(F)cc1)C1CCCCC1)C(=O)Nc1ccccc1CC. The number of carbonyl (C=O) groups is 2. The molecular formula is C33H43FN4O2. The standard InChI is InChI=1S/C33H43FN4O2/c1-3-5-21-37(33(40)35-31-16-10-9-12-27(31)4-2)25-32(39)38(29-13-7-6-8-14-29)24-30-15-11-22-36(30)23-26-17-19-28(34)20-18-26/h9-12,15-20,22,29H,3-8,13-14,21,23-25H2,1-2H3,(H,35,40). The van der Waals surface area contributed by atoms with Gasteiger partial charge in [-0.15, -0.1) is 0 Å². The maximum Gasteiger partial charge on any atom is 0.322 e. The number of halogens is 1. The number of aromatic nitrogens is 1. The van der Waals surface area contributed by atoms with Crippen LogP contribution < -0.4 is 5.32 Å². The van der Waals surface area contributed by atoms with Crippen molar-refractivity contribution in [2.24, 2.45) is 0 Å². The summed E-state index contributed by atoms with van der Waals surface area (Å²) in [5.74, 6) is -0.267. The molecule has 0 bridgehead atoms. The number of hydrogen-bond donors (Lipinski definition) is 1. The number of nitrogens with one attached hydrogen (secondary N) is 1. The first-order valence-corrected chi connectivity index (χ1v) is 14.8. The Morgan fingerprint density at radius 3 is 2.45 bits per heavy atom. The molecule has 4 rings (SSSR count). The number of rotatable bonds is 12. The molecular weight excluding hydrogens is 503 g/mol. The summed E-state index contributed by atoms with van der Waals surface area (Å²) in [7, 11) is 0. The van der Waals surface area contributed by atoms with Crippen LogP contribution in [0.2, 0.25) is 0 Å². The summed E-state index contributed by atoms with van der Waals surface area (Å²) in [5, 5.41) is 3.07. The van der Waals surface area contributed by atoms with E-state index in [2.05, 4.69) is 29.8 Å². The van der Waals surface area contributed by atoms with Crippen molar-refractivity contribution in [2.75, 3.05) is 18.4 Å². The second-order valence-electron chi connectivity index (χ2n) is 10.8. The second-order valence-corrected chi connectivity index (χ2v) is 10.8. The van der Waals surface area contributed by atoms with E-state index in [9.17, 15) is 14.0 Å². The predicted octanol–water partition coefficient (Wildman–Crippen LogP) is 7.23. The molecule has 1 saturated carbocycles. The zero-order valence-corrected chi connectivity index (χ0v) is 23.9. The van der Waals surface area contributed by atoms with E-state index < -0.39 is 0 Å². The Morgan fingerprint density at radius 2 is 1.73 bits per heavy atom. The summed E-state index contributed by atoms with van der Waals surface area (Å²) in [5.41, 5.74) is 3.91. The Kier molecular flexibility index (Phi) is 10.8. The molecule has 2 aromatic carbocycles. The highest BCUT2D eigenvalue weighted by Gasteiger charge is 2.29. The number of amides is 3. The van der Waals surface area contributed by atoms with Crippen molar-refractivity contribution in [1.29, 1.82) is 0 Å². The molecule has 40 heavy (non-hydrogen) atoms. The van der Waals surface area contributed by atoms with Crippen LogP contribution in [0.3, 0.4) is 0 Å². The Hall–Kier alpha value is -3.61. The van der Waals surface area contributed by atoms with Gasteiger partial charge >= 0.3 is 6.03 Å². The molecule has 0 unspecified atom stereocenters. The molecule has 1 N–H and O–H groups in total. The number of hydrogen-bond acceptors (Lipinski definition) is 2. The van der Waals surface area contributed by atoms with E-state index in [1.165, 1.54) is 18.6 Å². The Bertz CT molecular complexity index is 1230. The number of benzene rings is 2. The van der Waals surface area contributed by atoms with Crippen LogP contribution in [-0.2, 0) is 24.3 Å². The maximum absolute atomic E-state index is 14.0. The lowest BCUT2D eigenvalue weighted by molar-refractivity contribution is -0.135. The fourth-order valence-electron chi connectivity index (χ4n) is 5.52. The second kappa shape index (κ2) is 14.7. The van der Waals surface area contributed by atoms with Crippen molar-refractivity contribution in [3.63, 3.8) is 0 Å². The summed E-state index contributed by atoms with van der Waals surface area (Å²) in [6.45, 7) is 5.83. The first-order valence-electron chi connectivity index (χ1n) is 14.8.